The first-order valence-electron chi connectivity index (χ1n) is 8.89. The Morgan fingerprint density at radius 1 is 1.22 bits per heavy atom. The molecule has 27 heavy (non-hydrogen) atoms. The summed E-state index contributed by atoms with van der Waals surface area (Å²) < 4.78 is 0. The molecule has 0 saturated carbocycles. The van der Waals surface area contributed by atoms with Crippen molar-refractivity contribution in [1.82, 2.24) is 9.88 Å². The largest absolute Gasteiger partial charge is 0.357 e. The lowest BCUT2D eigenvalue weighted by Crippen LogP contribution is -2.34. The average Bonchev–Trinajstić information content (AvgIpc) is 3.24. The van der Waals surface area contributed by atoms with Gasteiger partial charge in [-0.2, -0.15) is 0 Å². The molecule has 6 heteroatoms. The maximum absolute atomic E-state index is 12.9. The molecule has 1 aromatic heterocycles. The number of fused-ring (bicyclic) bond motifs is 1. The predicted molar refractivity (Wildman–Crippen MR) is 107 cm³/mol. The average molecular weight is 382 g/mol. The Morgan fingerprint density at radius 3 is 2.74 bits per heavy atom. The molecule has 0 spiro atoms. The minimum atomic E-state index is -0.358. The fraction of sp³-hybridized carbons (Fsp3) is 0.238. The molecule has 2 heterocycles. The van der Waals surface area contributed by atoms with E-state index >= 15 is 0 Å². The van der Waals surface area contributed by atoms with Crippen molar-refractivity contribution < 1.29 is 9.59 Å². The molecule has 5 nitrogen and oxygen atoms in total. The third-order valence-corrected chi connectivity index (χ3v) is 5.31. The second-order valence-corrected chi connectivity index (χ2v) is 7.34. The third kappa shape index (κ3) is 3.43. The molecule has 1 saturated heterocycles. The third-order valence-electron chi connectivity index (χ3n) is 4.99. The first-order chi connectivity index (χ1) is 13.0. The van der Waals surface area contributed by atoms with Gasteiger partial charge < -0.3 is 14.8 Å². The van der Waals surface area contributed by atoms with Crippen molar-refractivity contribution in [2.24, 2.45) is 5.92 Å². The molecule has 2 amide bonds. The van der Waals surface area contributed by atoms with Crippen LogP contribution in [-0.4, -0.2) is 35.3 Å². The summed E-state index contributed by atoms with van der Waals surface area (Å²) in [5.41, 5.74) is 2.69. The van der Waals surface area contributed by atoms with Gasteiger partial charge in [-0.3, -0.25) is 9.59 Å². The van der Waals surface area contributed by atoms with Gasteiger partial charge in [-0.05, 0) is 29.7 Å². The van der Waals surface area contributed by atoms with Crippen molar-refractivity contribution in [3.05, 3.63) is 65.3 Å². The van der Waals surface area contributed by atoms with E-state index in [1.165, 1.54) is 0 Å². The lowest BCUT2D eigenvalue weighted by molar-refractivity contribution is -0.135. The molecule has 0 bridgehead atoms. The van der Waals surface area contributed by atoms with Crippen LogP contribution in [0.2, 0.25) is 5.02 Å². The number of rotatable bonds is 4. The van der Waals surface area contributed by atoms with Crippen LogP contribution in [-0.2, 0) is 16.1 Å². The Balaban J connectivity index is 1.46. The summed E-state index contributed by atoms with van der Waals surface area (Å²) in [5, 5.41) is 1.64. The van der Waals surface area contributed by atoms with Gasteiger partial charge in [0.15, 0.2) is 0 Å². The van der Waals surface area contributed by atoms with Crippen molar-refractivity contribution in [1.29, 1.82) is 0 Å². The number of hydrogen-bond donors (Lipinski definition) is 1. The molecular formula is C21H20ClN3O2. The molecule has 3 aromatic rings. The van der Waals surface area contributed by atoms with Crippen molar-refractivity contribution in [2.45, 2.75) is 13.0 Å². The summed E-state index contributed by atoms with van der Waals surface area (Å²) in [6, 6.07) is 17.3. The zero-order valence-corrected chi connectivity index (χ0v) is 15.7. The Hall–Kier alpha value is -2.79. The van der Waals surface area contributed by atoms with Crippen LogP contribution in [0.5, 0.6) is 0 Å². The predicted octanol–water partition coefficient (Wildman–Crippen LogP) is 3.83. The van der Waals surface area contributed by atoms with Crippen molar-refractivity contribution in [3.63, 3.8) is 0 Å². The van der Waals surface area contributed by atoms with E-state index in [0.717, 1.165) is 16.6 Å². The summed E-state index contributed by atoms with van der Waals surface area (Å²) in [5.74, 6) is -0.458. The molecular weight excluding hydrogens is 362 g/mol. The van der Waals surface area contributed by atoms with E-state index < -0.39 is 0 Å². The number of aromatic nitrogens is 1. The van der Waals surface area contributed by atoms with E-state index in [2.05, 4.69) is 11.1 Å². The minimum absolute atomic E-state index is 0.0310. The van der Waals surface area contributed by atoms with Crippen molar-refractivity contribution in [3.8, 4) is 0 Å². The Morgan fingerprint density at radius 2 is 1.96 bits per heavy atom. The van der Waals surface area contributed by atoms with Crippen LogP contribution >= 0.6 is 11.6 Å². The van der Waals surface area contributed by atoms with Crippen LogP contribution in [0.3, 0.4) is 0 Å². The molecule has 4 rings (SSSR count). The number of nitrogens with one attached hydrogen (secondary N) is 1. The maximum atomic E-state index is 12.9. The number of halogens is 1. The van der Waals surface area contributed by atoms with Crippen LogP contribution in [0.15, 0.2) is 54.6 Å². The van der Waals surface area contributed by atoms with Crippen LogP contribution in [0.4, 0.5) is 5.69 Å². The highest BCUT2D eigenvalue weighted by Crippen LogP contribution is 2.31. The topological polar surface area (TPSA) is 56.4 Å². The van der Waals surface area contributed by atoms with Crippen LogP contribution in [0, 0.1) is 5.92 Å². The summed E-state index contributed by atoms with van der Waals surface area (Å²) in [4.78, 5) is 31.9. The molecule has 2 aromatic carbocycles. The smallest absolute Gasteiger partial charge is 0.228 e. The molecule has 0 radical (unpaired) electrons. The first kappa shape index (κ1) is 17.6. The lowest BCUT2D eigenvalue weighted by atomic mass is 10.1. The van der Waals surface area contributed by atoms with Gasteiger partial charge in [0.25, 0.3) is 0 Å². The van der Waals surface area contributed by atoms with Gasteiger partial charge in [-0.1, -0.05) is 41.9 Å². The zero-order valence-electron chi connectivity index (χ0n) is 15.0. The number of anilines is 1. The number of para-hydroxylation sites is 2. The van der Waals surface area contributed by atoms with Crippen molar-refractivity contribution in [2.75, 3.05) is 18.5 Å². The Bertz CT molecular complexity index is 980. The van der Waals surface area contributed by atoms with E-state index in [4.69, 9.17) is 11.6 Å². The van der Waals surface area contributed by atoms with E-state index in [0.29, 0.717) is 23.8 Å². The fourth-order valence-corrected chi connectivity index (χ4v) is 3.88. The van der Waals surface area contributed by atoms with E-state index in [9.17, 15) is 9.59 Å². The minimum Gasteiger partial charge on any atom is -0.357 e. The van der Waals surface area contributed by atoms with Gasteiger partial charge in [0.1, 0.15) is 0 Å². The fourth-order valence-electron chi connectivity index (χ4n) is 3.64. The number of amides is 2. The first-order valence-corrected chi connectivity index (χ1v) is 9.27. The SMILES string of the molecule is CN(Cc1cc2ccccc2[nH]1)C(=O)C1CC(=O)N(c2ccccc2Cl)C1. The molecule has 1 atom stereocenters. The maximum Gasteiger partial charge on any atom is 0.228 e. The Labute approximate surface area is 162 Å². The molecule has 1 fully saturated rings. The monoisotopic (exact) mass is 381 g/mol. The van der Waals surface area contributed by atoms with Gasteiger partial charge in [-0.25, -0.2) is 0 Å². The quantitative estimate of drug-likeness (QED) is 0.746. The van der Waals surface area contributed by atoms with Gasteiger partial charge in [0.05, 0.1) is 23.2 Å². The van der Waals surface area contributed by atoms with Gasteiger partial charge >= 0.3 is 0 Å². The number of hydrogen-bond acceptors (Lipinski definition) is 2. The van der Waals surface area contributed by atoms with Gasteiger partial charge in [-0.15, -0.1) is 0 Å². The summed E-state index contributed by atoms with van der Waals surface area (Å²) >= 11 is 6.21. The zero-order chi connectivity index (χ0) is 19.0. The van der Waals surface area contributed by atoms with Crippen LogP contribution in [0.1, 0.15) is 12.1 Å². The Kier molecular flexibility index (Phi) is 4.62. The number of carbonyl (C=O) groups excluding carboxylic acids is 2. The number of nitrogens with zero attached hydrogens (tertiary/aromatic N) is 2. The number of H-pyrrole nitrogens is 1. The summed E-state index contributed by atoms with van der Waals surface area (Å²) in [7, 11) is 1.77. The van der Waals surface area contributed by atoms with Gasteiger partial charge in [0, 0.05) is 31.2 Å². The molecule has 1 aliphatic heterocycles. The number of carbonyl (C=O) groups is 2. The lowest BCUT2D eigenvalue weighted by Gasteiger charge is -2.21. The molecule has 1 N–H and O–H groups in total. The van der Waals surface area contributed by atoms with E-state index in [1.54, 1.807) is 29.0 Å². The normalized spacial score (nSPS) is 16.9. The van der Waals surface area contributed by atoms with Crippen molar-refractivity contribution >= 4 is 40.0 Å². The molecule has 1 unspecified atom stereocenters. The van der Waals surface area contributed by atoms with Crippen LogP contribution < -0.4 is 4.90 Å². The summed E-state index contributed by atoms with van der Waals surface area (Å²) in [6.07, 6.45) is 0.209. The van der Waals surface area contributed by atoms with E-state index in [-0.39, 0.29) is 24.2 Å². The molecule has 1 aliphatic rings. The standard InChI is InChI=1S/C21H20ClN3O2/c1-24(13-16-10-14-6-2-4-8-18(14)23-16)21(27)15-11-20(26)25(12-15)19-9-5-3-7-17(19)22/h2-10,15,23H,11-13H2,1H3. The van der Waals surface area contributed by atoms with Gasteiger partial charge in [0.2, 0.25) is 11.8 Å². The number of benzene rings is 2. The summed E-state index contributed by atoms with van der Waals surface area (Å²) in [6.45, 7) is 0.836. The highest BCUT2D eigenvalue weighted by Gasteiger charge is 2.37. The highest BCUT2D eigenvalue weighted by molar-refractivity contribution is 6.33. The molecule has 138 valence electrons. The number of aromatic amines is 1. The second-order valence-electron chi connectivity index (χ2n) is 6.93. The second kappa shape index (κ2) is 7.08. The van der Waals surface area contributed by atoms with Crippen LogP contribution in [0.25, 0.3) is 10.9 Å². The highest BCUT2D eigenvalue weighted by atomic mass is 35.5. The molecule has 0 aliphatic carbocycles. The van der Waals surface area contributed by atoms with E-state index in [1.807, 2.05) is 36.4 Å².